The van der Waals surface area contributed by atoms with Gasteiger partial charge in [-0.25, -0.2) is 14.3 Å². The minimum absolute atomic E-state index is 0.0197. The maximum absolute atomic E-state index is 13.1. The predicted molar refractivity (Wildman–Crippen MR) is 146 cm³/mol. The van der Waals surface area contributed by atoms with Crippen molar-refractivity contribution in [1.29, 1.82) is 0 Å². The van der Waals surface area contributed by atoms with Crippen LogP contribution < -0.4 is 10.2 Å². The van der Waals surface area contributed by atoms with Crippen LogP contribution in [0.1, 0.15) is 49.6 Å². The second-order valence-corrected chi connectivity index (χ2v) is 13.1. The summed E-state index contributed by atoms with van der Waals surface area (Å²) in [5.74, 6) is 1.28. The van der Waals surface area contributed by atoms with E-state index in [9.17, 15) is 9.90 Å². The van der Waals surface area contributed by atoms with Crippen molar-refractivity contribution in [2.45, 2.75) is 62.1 Å². The number of urea groups is 1. The van der Waals surface area contributed by atoms with Gasteiger partial charge in [-0.05, 0) is 55.7 Å². The van der Waals surface area contributed by atoms with Crippen LogP contribution in [-0.4, -0.2) is 75.1 Å². The number of aryl methyl sites for hydroxylation is 1. The van der Waals surface area contributed by atoms with Crippen molar-refractivity contribution >= 4 is 17.4 Å². The Morgan fingerprint density at radius 3 is 2.77 bits per heavy atom. The lowest BCUT2D eigenvalue weighted by Gasteiger charge is -2.48. The summed E-state index contributed by atoms with van der Waals surface area (Å²) in [6.45, 7) is 7.90. The third kappa shape index (κ3) is 3.29. The minimum Gasteiger partial charge on any atom is -0.396 e. The summed E-state index contributed by atoms with van der Waals surface area (Å²) in [7, 11) is 0. The molecule has 2 saturated carbocycles. The summed E-state index contributed by atoms with van der Waals surface area (Å²) in [5, 5.41) is 17.7. The van der Waals surface area contributed by atoms with Gasteiger partial charge in [-0.1, -0.05) is 37.3 Å². The van der Waals surface area contributed by atoms with Crippen molar-refractivity contribution in [2.24, 2.45) is 11.8 Å². The normalized spacial score (nSPS) is 37.0. The third-order valence-corrected chi connectivity index (χ3v) is 10.4. The number of fused-ring (bicyclic) bond motifs is 2. The minimum atomic E-state index is -0.647. The van der Waals surface area contributed by atoms with Crippen LogP contribution in [0.2, 0.25) is 0 Å². The first-order valence-electron chi connectivity index (χ1n) is 14.3. The van der Waals surface area contributed by atoms with E-state index < -0.39 is 5.60 Å². The molecular formula is C30H36N6O3. The largest absolute Gasteiger partial charge is 0.396 e. The molecule has 6 heterocycles. The summed E-state index contributed by atoms with van der Waals surface area (Å²) in [4.78, 5) is 22.6. The van der Waals surface area contributed by atoms with Gasteiger partial charge in [-0.2, -0.15) is 0 Å². The molecule has 39 heavy (non-hydrogen) atoms. The maximum atomic E-state index is 13.1. The summed E-state index contributed by atoms with van der Waals surface area (Å²) < 4.78 is 8.32. The molecule has 2 bridgehead atoms. The first kappa shape index (κ1) is 23.7. The zero-order valence-corrected chi connectivity index (χ0v) is 22.6. The van der Waals surface area contributed by atoms with Crippen molar-refractivity contribution < 1.29 is 14.6 Å². The first-order chi connectivity index (χ1) is 18.8. The lowest BCUT2D eigenvalue weighted by molar-refractivity contribution is -0.0769. The van der Waals surface area contributed by atoms with E-state index in [2.05, 4.69) is 66.7 Å². The van der Waals surface area contributed by atoms with Crippen LogP contribution in [0.3, 0.4) is 0 Å². The third-order valence-electron chi connectivity index (χ3n) is 10.4. The van der Waals surface area contributed by atoms with Gasteiger partial charge in [-0.15, -0.1) is 5.10 Å². The summed E-state index contributed by atoms with van der Waals surface area (Å²) >= 11 is 0. The Labute approximate surface area is 228 Å². The number of aromatic nitrogens is 3. The Bertz CT molecular complexity index is 1460. The summed E-state index contributed by atoms with van der Waals surface area (Å²) in [5.41, 5.74) is 3.75. The molecule has 9 heteroatoms. The molecule has 1 aromatic carbocycles. The SMILES string of the molecule is Cc1cc(N2CC[C@](C)(c3ccccc3)C2)cn2nc(C34CC(CO3)C4N3CC4(CC(CO)C4)NC3=O)nc12. The van der Waals surface area contributed by atoms with Gasteiger partial charge in [0.15, 0.2) is 17.1 Å². The summed E-state index contributed by atoms with van der Waals surface area (Å²) in [6, 6.07) is 13.0. The Balaban J connectivity index is 1.07. The fourth-order valence-electron chi connectivity index (χ4n) is 8.29. The average Bonchev–Trinajstić information content (AvgIpc) is 3.71. The first-order valence-corrected chi connectivity index (χ1v) is 14.3. The van der Waals surface area contributed by atoms with E-state index in [4.69, 9.17) is 14.8 Å². The van der Waals surface area contributed by atoms with Crippen LogP contribution in [0.4, 0.5) is 10.5 Å². The van der Waals surface area contributed by atoms with E-state index in [0.717, 1.165) is 55.7 Å². The smallest absolute Gasteiger partial charge is 0.318 e. The Hall–Kier alpha value is -3.17. The molecule has 4 saturated heterocycles. The molecule has 9 rings (SSSR count). The van der Waals surface area contributed by atoms with Gasteiger partial charge in [0.25, 0.3) is 0 Å². The van der Waals surface area contributed by atoms with E-state index in [1.54, 1.807) is 0 Å². The van der Waals surface area contributed by atoms with Gasteiger partial charge in [0.05, 0.1) is 30.1 Å². The zero-order valence-electron chi connectivity index (χ0n) is 22.6. The molecule has 2 aromatic heterocycles. The molecule has 2 aliphatic carbocycles. The molecule has 0 radical (unpaired) electrons. The van der Waals surface area contributed by atoms with Crippen molar-refractivity contribution in [3.63, 3.8) is 0 Å². The highest BCUT2D eigenvalue weighted by Crippen LogP contribution is 2.58. The molecule has 2 N–H and O–H groups in total. The maximum Gasteiger partial charge on any atom is 0.318 e. The number of hydrogen-bond acceptors (Lipinski definition) is 6. The van der Waals surface area contributed by atoms with E-state index in [1.165, 1.54) is 5.56 Å². The number of amides is 2. The van der Waals surface area contributed by atoms with Crippen molar-refractivity contribution in [1.82, 2.24) is 24.8 Å². The van der Waals surface area contributed by atoms with E-state index >= 15 is 0 Å². The molecule has 2 amide bonds. The summed E-state index contributed by atoms with van der Waals surface area (Å²) in [6.07, 6.45) is 5.73. The molecule has 9 nitrogen and oxygen atoms in total. The highest BCUT2D eigenvalue weighted by atomic mass is 16.5. The van der Waals surface area contributed by atoms with Crippen LogP contribution in [-0.2, 0) is 15.8 Å². The molecule has 3 aromatic rings. The van der Waals surface area contributed by atoms with Crippen molar-refractivity contribution in [3.8, 4) is 0 Å². The Kier molecular flexibility index (Phi) is 4.83. The predicted octanol–water partition coefficient (Wildman–Crippen LogP) is 2.99. The number of ether oxygens (including phenoxy) is 1. The number of benzene rings is 1. The van der Waals surface area contributed by atoms with Gasteiger partial charge in [0.2, 0.25) is 0 Å². The molecule has 6 fully saturated rings. The lowest BCUT2D eigenvalue weighted by atomic mass is 9.66. The highest BCUT2D eigenvalue weighted by molar-refractivity contribution is 5.79. The number of rotatable bonds is 5. The Morgan fingerprint density at radius 1 is 1.18 bits per heavy atom. The lowest BCUT2D eigenvalue weighted by Crippen LogP contribution is -2.61. The van der Waals surface area contributed by atoms with Crippen molar-refractivity contribution in [2.75, 3.05) is 37.7 Å². The number of nitrogens with one attached hydrogen (secondary N) is 1. The number of aliphatic hydroxyl groups excluding tert-OH is 1. The quantitative estimate of drug-likeness (QED) is 0.529. The highest BCUT2D eigenvalue weighted by Gasteiger charge is 2.69. The van der Waals surface area contributed by atoms with Gasteiger partial charge in [0, 0.05) is 37.6 Å². The average molecular weight is 529 g/mol. The van der Waals surface area contributed by atoms with Crippen LogP contribution in [0.15, 0.2) is 42.6 Å². The van der Waals surface area contributed by atoms with Crippen LogP contribution in [0.5, 0.6) is 0 Å². The van der Waals surface area contributed by atoms with Gasteiger partial charge in [0.1, 0.15) is 0 Å². The second kappa shape index (κ2) is 7.95. The zero-order chi connectivity index (χ0) is 26.6. The molecule has 1 spiro atoms. The Morgan fingerprint density at radius 2 is 2.00 bits per heavy atom. The number of nitrogens with zero attached hydrogens (tertiary/aromatic N) is 5. The van der Waals surface area contributed by atoms with E-state index in [1.807, 2.05) is 9.42 Å². The fourth-order valence-corrected chi connectivity index (χ4v) is 8.29. The molecule has 3 unspecified atom stereocenters. The van der Waals surface area contributed by atoms with Crippen molar-refractivity contribution in [3.05, 3.63) is 59.5 Å². The molecular weight excluding hydrogens is 492 g/mol. The number of carbonyl (C=O) groups excluding carboxylic acids is 1. The number of carbonyl (C=O) groups is 1. The van der Waals surface area contributed by atoms with Crippen LogP contribution >= 0.6 is 0 Å². The molecule has 6 aliphatic rings. The molecule has 204 valence electrons. The number of anilines is 1. The monoisotopic (exact) mass is 528 g/mol. The van der Waals surface area contributed by atoms with Crippen LogP contribution in [0, 0.1) is 18.8 Å². The molecule has 4 atom stereocenters. The fraction of sp³-hybridized carbons (Fsp3) is 0.567. The molecule has 4 aliphatic heterocycles. The number of aliphatic hydroxyl groups is 1. The number of pyridine rings is 1. The topological polar surface area (TPSA) is 95.2 Å². The van der Waals surface area contributed by atoms with E-state index in [0.29, 0.717) is 24.9 Å². The standard InChI is InChI=1S/C30H36N6O3/c1-19-10-23(34-9-8-28(2,17-34)22-6-4-3-5-7-22)14-36-25(19)31-26(33-36)30-13-21(16-39-30)24(30)35-18-29(32-27(35)38)11-20(12-29)15-37/h3-7,10,14,20-21,24,37H,8-9,11-13,15-18H2,1-2H3,(H,32,38)/t20?,21?,24?,28-,29?,30?/m0/s1. The van der Waals surface area contributed by atoms with E-state index in [-0.39, 0.29) is 35.6 Å². The second-order valence-electron chi connectivity index (χ2n) is 13.1. The van der Waals surface area contributed by atoms with Crippen LogP contribution in [0.25, 0.3) is 5.65 Å². The van der Waals surface area contributed by atoms with Gasteiger partial charge in [-0.3, -0.25) is 0 Å². The number of hydrogen-bond donors (Lipinski definition) is 2. The van der Waals surface area contributed by atoms with Gasteiger partial charge < -0.3 is 25.0 Å². The van der Waals surface area contributed by atoms with Gasteiger partial charge >= 0.3 is 6.03 Å².